The van der Waals surface area contributed by atoms with Crippen LogP contribution in [-0.4, -0.2) is 35.0 Å². The van der Waals surface area contributed by atoms with E-state index in [0.29, 0.717) is 12.5 Å². The number of pyridine rings is 1. The Morgan fingerprint density at radius 1 is 1.56 bits per heavy atom. The molecular weight excluding hydrogens is 293 g/mol. The third-order valence-corrected chi connectivity index (χ3v) is 3.51. The minimum Gasteiger partial charge on any atom is -0.325 e. The Labute approximate surface area is 124 Å². The molecular formula is C11H17Cl2N3OS. The Hall–Kier alpha value is -0.490. The number of aromatic nitrogens is 1. The molecule has 0 radical (unpaired) electrons. The molecule has 0 spiro atoms. The molecule has 2 N–H and O–H groups in total. The van der Waals surface area contributed by atoms with Crippen LogP contribution in [0.3, 0.4) is 0 Å². The van der Waals surface area contributed by atoms with Crippen LogP contribution in [-0.2, 0) is 4.79 Å². The second-order valence-corrected chi connectivity index (χ2v) is 4.87. The molecule has 1 amide bonds. The van der Waals surface area contributed by atoms with Crippen molar-refractivity contribution in [1.29, 1.82) is 0 Å². The van der Waals surface area contributed by atoms with Crippen molar-refractivity contribution in [1.82, 2.24) is 10.3 Å². The lowest BCUT2D eigenvalue weighted by atomic mass is 10.2. The van der Waals surface area contributed by atoms with Gasteiger partial charge in [0.05, 0.1) is 11.9 Å². The number of nitrogens with zero attached hydrogens (tertiary/aromatic N) is 1. The highest BCUT2D eigenvalue weighted by atomic mass is 35.5. The van der Waals surface area contributed by atoms with Gasteiger partial charge in [0.1, 0.15) is 0 Å². The summed E-state index contributed by atoms with van der Waals surface area (Å²) in [7, 11) is 0. The van der Waals surface area contributed by atoms with Crippen LogP contribution in [0.2, 0.25) is 0 Å². The van der Waals surface area contributed by atoms with Crippen molar-refractivity contribution < 1.29 is 4.79 Å². The van der Waals surface area contributed by atoms with E-state index < -0.39 is 0 Å². The molecule has 102 valence electrons. The maximum absolute atomic E-state index is 11.7. The van der Waals surface area contributed by atoms with E-state index >= 15 is 0 Å². The van der Waals surface area contributed by atoms with Gasteiger partial charge in [0, 0.05) is 36.7 Å². The fourth-order valence-electron chi connectivity index (χ4n) is 1.62. The number of amides is 1. The summed E-state index contributed by atoms with van der Waals surface area (Å²) < 4.78 is 0. The van der Waals surface area contributed by atoms with E-state index in [1.165, 1.54) is 0 Å². The van der Waals surface area contributed by atoms with Gasteiger partial charge in [0.2, 0.25) is 5.91 Å². The number of thioether (sulfide) groups is 1. The lowest BCUT2D eigenvalue weighted by Gasteiger charge is -2.22. The van der Waals surface area contributed by atoms with E-state index in [0.717, 1.165) is 23.7 Å². The zero-order valence-electron chi connectivity index (χ0n) is 9.80. The van der Waals surface area contributed by atoms with Gasteiger partial charge >= 0.3 is 0 Å². The molecule has 0 bridgehead atoms. The monoisotopic (exact) mass is 309 g/mol. The molecule has 0 aromatic carbocycles. The number of hydrogen-bond donors (Lipinski definition) is 2. The Morgan fingerprint density at radius 2 is 2.39 bits per heavy atom. The minimum atomic E-state index is 0. The van der Waals surface area contributed by atoms with Crippen molar-refractivity contribution in [3.05, 3.63) is 24.5 Å². The van der Waals surface area contributed by atoms with E-state index in [9.17, 15) is 4.79 Å². The predicted octanol–water partition coefficient (Wildman–Crippen LogP) is 1.96. The Bertz CT molecular complexity index is 347. The van der Waals surface area contributed by atoms with E-state index in [4.69, 9.17) is 0 Å². The first kappa shape index (κ1) is 17.5. The molecule has 18 heavy (non-hydrogen) atoms. The van der Waals surface area contributed by atoms with Crippen LogP contribution in [0.1, 0.15) is 6.42 Å². The van der Waals surface area contributed by atoms with Crippen LogP contribution >= 0.6 is 36.6 Å². The average Bonchev–Trinajstić information content (AvgIpc) is 2.31. The van der Waals surface area contributed by atoms with Gasteiger partial charge in [-0.15, -0.1) is 24.8 Å². The van der Waals surface area contributed by atoms with Crippen LogP contribution in [0.15, 0.2) is 24.5 Å². The van der Waals surface area contributed by atoms with E-state index in [1.807, 2.05) is 23.9 Å². The molecule has 7 heteroatoms. The maximum Gasteiger partial charge on any atom is 0.226 e. The summed E-state index contributed by atoms with van der Waals surface area (Å²) in [5.41, 5.74) is 0.760. The van der Waals surface area contributed by atoms with Crippen molar-refractivity contribution in [3.8, 4) is 0 Å². The van der Waals surface area contributed by atoms with Crippen LogP contribution < -0.4 is 10.6 Å². The number of carbonyl (C=O) groups excluding carboxylic acids is 1. The van der Waals surface area contributed by atoms with Gasteiger partial charge in [-0.25, -0.2) is 0 Å². The molecule has 2 rings (SSSR count). The number of anilines is 1. The highest BCUT2D eigenvalue weighted by molar-refractivity contribution is 7.99. The van der Waals surface area contributed by atoms with Gasteiger partial charge in [0.25, 0.3) is 0 Å². The van der Waals surface area contributed by atoms with Gasteiger partial charge in [-0.2, -0.15) is 11.8 Å². The van der Waals surface area contributed by atoms with Gasteiger partial charge in [-0.05, 0) is 12.1 Å². The lowest BCUT2D eigenvalue weighted by Crippen LogP contribution is -2.39. The summed E-state index contributed by atoms with van der Waals surface area (Å²) in [5, 5.41) is 6.18. The molecule has 1 aliphatic rings. The summed E-state index contributed by atoms with van der Waals surface area (Å²) >= 11 is 1.90. The van der Waals surface area contributed by atoms with Gasteiger partial charge in [-0.3, -0.25) is 9.78 Å². The highest BCUT2D eigenvalue weighted by Gasteiger charge is 2.16. The summed E-state index contributed by atoms with van der Waals surface area (Å²) in [6.07, 6.45) is 3.87. The molecule has 2 heterocycles. The van der Waals surface area contributed by atoms with E-state index in [2.05, 4.69) is 15.6 Å². The zero-order chi connectivity index (χ0) is 11.2. The van der Waals surface area contributed by atoms with Crippen molar-refractivity contribution >= 4 is 48.2 Å². The molecule has 1 aromatic rings. The normalized spacial score (nSPS) is 18.1. The number of rotatable bonds is 3. The quantitative estimate of drug-likeness (QED) is 0.896. The van der Waals surface area contributed by atoms with E-state index in [-0.39, 0.29) is 30.7 Å². The summed E-state index contributed by atoms with van der Waals surface area (Å²) in [4.78, 5) is 15.6. The summed E-state index contributed by atoms with van der Waals surface area (Å²) in [6.45, 7) is 0.996. The largest absolute Gasteiger partial charge is 0.325 e. The summed E-state index contributed by atoms with van der Waals surface area (Å²) in [5.74, 6) is 2.20. The molecule has 1 unspecified atom stereocenters. The highest BCUT2D eigenvalue weighted by Crippen LogP contribution is 2.11. The Morgan fingerprint density at radius 3 is 3.00 bits per heavy atom. The molecule has 1 aliphatic heterocycles. The molecule has 0 saturated carbocycles. The fourth-order valence-corrected chi connectivity index (χ4v) is 2.57. The molecule has 1 fully saturated rings. The zero-order valence-corrected chi connectivity index (χ0v) is 12.2. The number of carbonyl (C=O) groups is 1. The first-order valence-electron chi connectivity index (χ1n) is 5.35. The second-order valence-electron chi connectivity index (χ2n) is 3.72. The van der Waals surface area contributed by atoms with Gasteiger partial charge < -0.3 is 10.6 Å². The smallest absolute Gasteiger partial charge is 0.226 e. The van der Waals surface area contributed by atoms with Crippen LogP contribution in [0.4, 0.5) is 5.69 Å². The van der Waals surface area contributed by atoms with E-state index in [1.54, 1.807) is 12.4 Å². The van der Waals surface area contributed by atoms with Crippen LogP contribution in [0, 0.1) is 0 Å². The van der Waals surface area contributed by atoms with Crippen molar-refractivity contribution in [2.45, 2.75) is 12.5 Å². The van der Waals surface area contributed by atoms with Gasteiger partial charge in [-0.1, -0.05) is 0 Å². The fraction of sp³-hybridized carbons (Fsp3) is 0.455. The molecule has 1 atom stereocenters. The summed E-state index contributed by atoms with van der Waals surface area (Å²) in [6, 6.07) is 3.95. The Kier molecular flexibility index (Phi) is 9.18. The second kappa shape index (κ2) is 9.44. The molecule has 1 saturated heterocycles. The first-order chi connectivity index (χ1) is 7.84. The van der Waals surface area contributed by atoms with Crippen LogP contribution in [0.5, 0.6) is 0 Å². The van der Waals surface area contributed by atoms with Crippen molar-refractivity contribution in [2.24, 2.45) is 0 Å². The standard InChI is InChI=1S/C11H15N3OS.2ClH/c15-11(6-10-8-16-5-4-13-10)14-9-2-1-3-12-7-9;;/h1-3,7,10,13H,4-6,8H2,(H,14,15);2*1H. The van der Waals surface area contributed by atoms with Crippen molar-refractivity contribution in [3.63, 3.8) is 0 Å². The number of halogens is 2. The molecule has 4 nitrogen and oxygen atoms in total. The third kappa shape index (κ3) is 5.91. The predicted molar refractivity (Wildman–Crippen MR) is 81.1 cm³/mol. The minimum absolute atomic E-state index is 0. The first-order valence-corrected chi connectivity index (χ1v) is 6.51. The molecule has 0 aliphatic carbocycles. The average molecular weight is 310 g/mol. The molecule has 1 aromatic heterocycles. The van der Waals surface area contributed by atoms with Crippen molar-refractivity contribution in [2.75, 3.05) is 23.4 Å². The van der Waals surface area contributed by atoms with Crippen LogP contribution in [0.25, 0.3) is 0 Å². The van der Waals surface area contributed by atoms with Gasteiger partial charge in [0.15, 0.2) is 0 Å². The maximum atomic E-state index is 11.7. The SMILES string of the molecule is Cl.Cl.O=C(CC1CSCCN1)Nc1cccnc1. The Balaban J connectivity index is 0.00000144. The number of hydrogen-bond acceptors (Lipinski definition) is 4. The topological polar surface area (TPSA) is 54.0 Å². The lowest BCUT2D eigenvalue weighted by molar-refractivity contribution is -0.116. The number of nitrogens with one attached hydrogen (secondary N) is 2. The third-order valence-electron chi connectivity index (χ3n) is 2.38.